The summed E-state index contributed by atoms with van der Waals surface area (Å²) in [5, 5.41) is 10.4. The number of allylic oxidation sites excluding steroid dienone is 1. The minimum atomic E-state index is -0.165. The number of Topliss-reactive ketones (excluding diaryl/α,β-unsaturated/α-hetero) is 1. The Balaban J connectivity index is 1.74. The molecule has 2 aromatic rings. The van der Waals surface area contributed by atoms with E-state index in [2.05, 4.69) is 4.90 Å². The van der Waals surface area contributed by atoms with Crippen molar-refractivity contribution in [2.24, 2.45) is 0 Å². The minimum Gasteiger partial charge on any atom is -0.507 e. The standard InChI is InChI=1S/C19H19NO4/c1-12-9-15(21)14(11-20-6-2-3-7-20)19-17(12)18(22)16(24-19)10-13-5-4-8-23-13/h4-5,8-10,21H,2-3,6-7,11H2,1H3/b16-10-. The second-order valence-corrected chi connectivity index (χ2v) is 6.33. The Labute approximate surface area is 140 Å². The molecule has 0 unspecified atom stereocenters. The van der Waals surface area contributed by atoms with Crippen molar-refractivity contribution in [2.75, 3.05) is 13.1 Å². The Bertz CT molecular complexity index is 814. The van der Waals surface area contributed by atoms with Crippen molar-refractivity contribution in [1.29, 1.82) is 0 Å². The topological polar surface area (TPSA) is 62.9 Å². The third-order valence-electron chi connectivity index (χ3n) is 4.62. The van der Waals surface area contributed by atoms with E-state index in [0.29, 0.717) is 29.2 Å². The number of aromatic hydroxyl groups is 1. The first-order chi connectivity index (χ1) is 11.6. The van der Waals surface area contributed by atoms with E-state index in [-0.39, 0.29) is 17.3 Å². The molecule has 124 valence electrons. The molecule has 0 aliphatic carbocycles. The van der Waals surface area contributed by atoms with Gasteiger partial charge in [-0.1, -0.05) is 0 Å². The van der Waals surface area contributed by atoms with Crippen molar-refractivity contribution in [1.82, 2.24) is 4.90 Å². The lowest BCUT2D eigenvalue weighted by Crippen LogP contribution is -2.19. The van der Waals surface area contributed by atoms with Crippen LogP contribution >= 0.6 is 0 Å². The predicted octanol–water partition coefficient (Wildman–Crippen LogP) is 3.51. The molecule has 0 bridgehead atoms. The summed E-state index contributed by atoms with van der Waals surface area (Å²) in [6.45, 7) is 4.42. The maximum atomic E-state index is 12.7. The van der Waals surface area contributed by atoms with Crippen LogP contribution in [0.5, 0.6) is 11.5 Å². The van der Waals surface area contributed by atoms with Gasteiger partial charge in [0.25, 0.3) is 0 Å². The van der Waals surface area contributed by atoms with E-state index in [1.165, 1.54) is 0 Å². The molecule has 1 aromatic heterocycles. The number of rotatable bonds is 3. The highest BCUT2D eigenvalue weighted by atomic mass is 16.5. The van der Waals surface area contributed by atoms with Crippen molar-refractivity contribution in [2.45, 2.75) is 26.3 Å². The fraction of sp³-hybridized carbons (Fsp3) is 0.316. The minimum absolute atomic E-state index is 0.165. The molecule has 1 fully saturated rings. The van der Waals surface area contributed by atoms with E-state index in [1.807, 2.05) is 6.92 Å². The third kappa shape index (κ3) is 2.51. The van der Waals surface area contributed by atoms with Crippen LogP contribution in [0.4, 0.5) is 0 Å². The molecule has 0 radical (unpaired) electrons. The molecule has 4 rings (SSSR count). The Kier molecular flexibility index (Phi) is 3.65. The third-order valence-corrected chi connectivity index (χ3v) is 4.62. The summed E-state index contributed by atoms with van der Waals surface area (Å²) >= 11 is 0. The molecule has 3 heterocycles. The zero-order valence-electron chi connectivity index (χ0n) is 13.5. The number of ether oxygens (including phenoxy) is 1. The van der Waals surface area contributed by atoms with E-state index in [1.54, 1.807) is 30.5 Å². The van der Waals surface area contributed by atoms with Crippen molar-refractivity contribution in [3.05, 3.63) is 52.7 Å². The second-order valence-electron chi connectivity index (χ2n) is 6.33. The maximum absolute atomic E-state index is 12.7. The summed E-state index contributed by atoms with van der Waals surface area (Å²) in [5.74, 6) is 1.31. The Morgan fingerprint density at radius 3 is 2.83 bits per heavy atom. The molecular formula is C19H19NO4. The number of phenols is 1. The van der Waals surface area contributed by atoms with E-state index >= 15 is 0 Å². The monoisotopic (exact) mass is 325 g/mol. The zero-order valence-corrected chi connectivity index (χ0v) is 13.5. The van der Waals surface area contributed by atoms with Crippen LogP contribution in [0.1, 0.15) is 40.1 Å². The first kappa shape index (κ1) is 15.0. The van der Waals surface area contributed by atoms with Crippen LogP contribution in [0.2, 0.25) is 0 Å². The van der Waals surface area contributed by atoms with Gasteiger partial charge in [-0.3, -0.25) is 9.69 Å². The number of furan rings is 1. The first-order valence-electron chi connectivity index (χ1n) is 8.19. The number of fused-ring (bicyclic) bond motifs is 1. The highest BCUT2D eigenvalue weighted by Crippen LogP contribution is 2.42. The van der Waals surface area contributed by atoms with Crippen LogP contribution < -0.4 is 4.74 Å². The summed E-state index contributed by atoms with van der Waals surface area (Å²) < 4.78 is 11.1. The molecule has 1 saturated heterocycles. The quantitative estimate of drug-likeness (QED) is 0.875. The van der Waals surface area contributed by atoms with Gasteiger partial charge in [-0.2, -0.15) is 0 Å². The largest absolute Gasteiger partial charge is 0.507 e. The number of ketones is 1. The second kappa shape index (κ2) is 5.83. The van der Waals surface area contributed by atoms with Crippen LogP contribution in [0.3, 0.4) is 0 Å². The van der Waals surface area contributed by atoms with Crippen molar-refractivity contribution in [3.63, 3.8) is 0 Å². The Morgan fingerprint density at radius 1 is 1.33 bits per heavy atom. The number of phenolic OH excluding ortho intramolecular Hbond substituents is 1. The summed E-state index contributed by atoms with van der Waals surface area (Å²) in [6, 6.07) is 5.18. The molecule has 2 aliphatic rings. The number of nitrogens with zero attached hydrogens (tertiary/aromatic N) is 1. The molecular weight excluding hydrogens is 306 g/mol. The summed E-state index contributed by atoms with van der Waals surface area (Å²) in [4.78, 5) is 15.0. The average Bonchev–Trinajstić information content (AvgIpc) is 3.27. The number of carbonyl (C=O) groups excluding carboxylic acids is 1. The van der Waals surface area contributed by atoms with Crippen molar-refractivity contribution < 1.29 is 19.1 Å². The zero-order chi connectivity index (χ0) is 16.7. The van der Waals surface area contributed by atoms with Crippen LogP contribution in [-0.4, -0.2) is 28.9 Å². The molecule has 0 spiro atoms. The van der Waals surface area contributed by atoms with Crippen LogP contribution in [-0.2, 0) is 6.54 Å². The molecule has 1 aromatic carbocycles. The fourth-order valence-corrected chi connectivity index (χ4v) is 3.40. The van der Waals surface area contributed by atoms with Crippen LogP contribution in [0, 0.1) is 6.92 Å². The SMILES string of the molecule is Cc1cc(O)c(CN2CCCC2)c2c1C(=O)/C(=C/c1ccco1)O2. The summed E-state index contributed by atoms with van der Waals surface area (Å²) in [6.07, 6.45) is 5.48. The molecule has 0 saturated carbocycles. The molecule has 2 aliphatic heterocycles. The van der Waals surface area contributed by atoms with Gasteiger partial charge in [-0.25, -0.2) is 0 Å². The van der Waals surface area contributed by atoms with Gasteiger partial charge < -0.3 is 14.3 Å². The molecule has 5 heteroatoms. The normalized spacial score (nSPS) is 19.0. The van der Waals surface area contributed by atoms with Gasteiger partial charge in [-0.15, -0.1) is 0 Å². The van der Waals surface area contributed by atoms with Gasteiger partial charge in [0.1, 0.15) is 17.3 Å². The fourth-order valence-electron chi connectivity index (χ4n) is 3.40. The number of carbonyl (C=O) groups is 1. The molecule has 1 N–H and O–H groups in total. The van der Waals surface area contributed by atoms with Gasteiger partial charge in [0.2, 0.25) is 5.78 Å². The lowest BCUT2D eigenvalue weighted by atomic mass is 9.99. The Morgan fingerprint density at radius 2 is 2.12 bits per heavy atom. The molecule has 5 nitrogen and oxygen atoms in total. The van der Waals surface area contributed by atoms with E-state index < -0.39 is 0 Å². The van der Waals surface area contributed by atoms with Crippen molar-refractivity contribution in [3.8, 4) is 11.5 Å². The Hall–Kier alpha value is -2.53. The number of benzene rings is 1. The number of hydrogen-bond donors (Lipinski definition) is 1. The molecule has 0 atom stereocenters. The maximum Gasteiger partial charge on any atom is 0.232 e. The highest BCUT2D eigenvalue weighted by Gasteiger charge is 2.34. The van der Waals surface area contributed by atoms with Gasteiger partial charge >= 0.3 is 0 Å². The van der Waals surface area contributed by atoms with Crippen LogP contribution in [0.25, 0.3) is 6.08 Å². The van der Waals surface area contributed by atoms with E-state index in [9.17, 15) is 9.90 Å². The average molecular weight is 325 g/mol. The number of aryl methyl sites for hydroxylation is 1. The number of likely N-dealkylation sites (tertiary alicyclic amines) is 1. The molecule has 24 heavy (non-hydrogen) atoms. The van der Waals surface area contributed by atoms with Crippen molar-refractivity contribution >= 4 is 11.9 Å². The first-order valence-corrected chi connectivity index (χ1v) is 8.19. The highest BCUT2D eigenvalue weighted by molar-refractivity contribution is 6.15. The number of hydrogen-bond acceptors (Lipinski definition) is 5. The lowest BCUT2D eigenvalue weighted by Gasteiger charge is -2.18. The van der Waals surface area contributed by atoms with Gasteiger partial charge in [-0.05, 0) is 56.6 Å². The lowest BCUT2D eigenvalue weighted by molar-refractivity contribution is 0.101. The molecule has 0 amide bonds. The van der Waals surface area contributed by atoms with Crippen LogP contribution in [0.15, 0.2) is 34.6 Å². The smallest absolute Gasteiger partial charge is 0.232 e. The van der Waals surface area contributed by atoms with E-state index in [0.717, 1.165) is 31.5 Å². The van der Waals surface area contributed by atoms with Gasteiger partial charge in [0, 0.05) is 12.6 Å². The predicted molar refractivity (Wildman–Crippen MR) is 89.0 cm³/mol. The summed E-state index contributed by atoms with van der Waals surface area (Å²) in [7, 11) is 0. The van der Waals surface area contributed by atoms with E-state index in [4.69, 9.17) is 9.15 Å². The van der Waals surface area contributed by atoms with Gasteiger partial charge in [0.15, 0.2) is 5.76 Å². The van der Waals surface area contributed by atoms with Gasteiger partial charge in [0.05, 0.1) is 17.4 Å². The summed E-state index contributed by atoms with van der Waals surface area (Å²) in [5.41, 5.74) is 1.95.